The fourth-order valence-corrected chi connectivity index (χ4v) is 4.31. The molecular formula is C21H27ClN4O2. The van der Waals surface area contributed by atoms with Gasteiger partial charge in [-0.05, 0) is 44.4 Å². The van der Waals surface area contributed by atoms with Crippen LogP contribution in [-0.2, 0) is 6.54 Å². The van der Waals surface area contributed by atoms with E-state index in [0.29, 0.717) is 18.2 Å². The third kappa shape index (κ3) is 4.63. The number of halogens is 1. The van der Waals surface area contributed by atoms with Crippen LogP contribution in [0.4, 0.5) is 5.69 Å². The summed E-state index contributed by atoms with van der Waals surface area (Å²) < 4.78 is 0. The second kappa shape index (κ2) is 8.74. The van der Waals surface area contributed by atoms with Gasteiger partial charge in [-0.1, -0.05) is 17.7 Å². The molecule has 4 heterocycles. The number of aromatic nitrogens is 2. The van der Waals surface area contributed by atoms with Crippen LogP contribution < -0.4 is 4.90 Å². The molecule has 2 aliphatic rings. The highest BCUT2D eigenvalue weighted by Crippen LogP contribution is 2.33. The van der Waals surface area contributed by atoms with Crippen LogP contribution >= 0.6 is 11.6 Å². The topological polar surface area (TPSA) is 72.7 Å². The Morgan fingerprint density at radius 2 is 1.79 bits per heavy atom. The first kappa shape index (κ1) is 19.6. The van der Waals surface area contributed by atoms with E-state index < -0.39 is 0 Å². The number of hydrogen-bond donors (Lipinski definition) is 2. The Balaban J connectivity index is 1.54. The third-order valence-electron chi connectivity index (χ3n) is 5.59. The maximum absolute atomic E-state index is 10.1. The van der Waals surface area contributed by atoms with Gasteiger partial charge in [0.25, 0.3) is 0 Å². The molecule has 0 amide bonds. The summed E-state index contributed by atoms with van der Waals surface area (Å²) in [5.41, 5.74) is 3.95. The van der Waals surface area contributed by atoms with Crippen molar-refractivity contribution in [3.05, 3.63) is 41.4 Å². The molecule has 28 heavy (non-hydrogen) atoms. The molecule has 150 valence electrons. The van der Waals surface area contributed by atoms with Gasteiger partial charge in [0.05, 0.1) is 17.9 Å². The number of aliphatic hydroxyl groups is 2. The van der Waals surface area contributed by atoms with Crippen molar-refractivity contribution in [2.75, 3.05) is 31.1 Å². The van der Waals surface area contributed by atoms with Gasteiger partial charge >= 0.3 is 0 Å². The smallest absolute Gasteiger partial charge is 0.131 e. The fourth-order valence-electron chi connectivity index (χ4n) is 4.16. The minimum absolute atomic E-state index is 0.226. The molecule has 2 N–H and O–H groups in total. The number of nitrogens with zero attached hydrogens (tertiary/aromatic N) is 4. The lowest BCUT2D eigenvalue weighted by Crippen LogP contribution is -2.38. The molecular weight excluding hydrogens is 376 g/mol. The Kier molecular flexibility index (Phi) is 6.11. The van der Waals surface area contributed by atoms with Crippen molar-refractivity contribution in [2.24, 2.45) is 0 Å². The molecule has 2 aliphatic heterocycles. The number of β-amino-alcohol motifs (C(OH)–C–C–N with tert-alkyl or cyclic N) is 2. The monoisotopic (exact) mass is 402 g/mol. The number of rotatable bonds is 4. The molecule has 0 radical (unpaired) electrons. The lowest BCUT2D eigenvalue weighted by atomic mass is 10.0. The van der Waals surface area contributed by atoms with E-state index in [9.17, 15) is 10.2 Å². The summed E-state index contributed by atoms with van der Waals surface area (Å²) in [6, 6.07) is 5.98. The Morgan fingerprint density at radius 1 is 1.00 bits per heavy atom. The summed E-state index contributed by atoms with van der Waals surface area (Å²) in [7, 11) is 0. The molecule has 2 aromatic heterocycles. The van der Waals surface area contributed by atoms with Crippen LogP contribution in [0.3, 0.4) is 0 Å². The number of anilines is 1. The fraction of sp³-hybridized carbons (Fsp3) is 0.524. The molecule has 2 aromatic rings. The van der Waals surface area contributed by atoms with Gasteiger partial charge in [-0.25, -0.2) is 4.98 Å². The summed E-state index contributed by atoms with van der Waals surface area (Å²) >= 11 is 6.16. The molecule has 0 aliphatic carbocycles. The second-order valence-electron chi connectivity index (χ2n) is 7.84. The maximum atomic E-state index is 10.1. The predicted octanol–water partition coefficient (Wildman–Crippen LogP) is 2.71. The van der Waals surface area contributed by atoms with Gasteiger partial charge in [0.15, 0.2) is 0 Å². The quantitative estimate of drug-likeness (QED) is 0.766. The number of hydrogen-bond acceptors (Lipinski definition) is 6. The van der Waals surface area contributed by atoms with E-state index in [4.69, 9.17) is 11.6 Å². The van der Waals surface area contributed by atoms with Crippen LogP contribution in [0.5, 0.6) is 0 Å². The van der Waals surface area contributed by atoms with Crippen LogP contribution in [0.15, 0.2) is 30.6 Å². The number of aliphatic hydroxyl groups excluding tert-OH is 2. The maximum Gasteiger partial charge on any atom is 0.131 e. The average Bonchev–Trinajstić information content (AvgIpc) is 2.69. The minimum atomic E-state index is -0.311. The molecule has 0 saturated carbocycles. The predicted molar refractivity (Wildman–Crippen MR) is 110 cm³/mol. The first-order valence-electron chi connectivity index (χ1n) is 10.0. The molecule has 7 heteroatoms. The van der Waals surface area contributed by atoms with E-state index in [1.807, 2.05) is 18.3 Å². The Bertz CT molecular complexity index is 801. The highest BCUT2D eigenvalue weighted by atomic mass is 35.5. The lowest BCUT2D eigenvalue weighted by molar-refractivity contribution is 0.0662. The molecule has 1 unspecified atom stereocenters. The van der Waals surface area contributed by atoms with Crippen molar-refractivity contribution in [3.63, 3.8) is 0 Å². The average molecular weight is 403 g/mol. The zero-order chi connectivity index (χ0) is 19.5. The molecule has 0 spiro atoms. The lowest BCUT2D eigenvalue weighted by Gasteiger charge is -2.33. The van der Waals surface area contributed by atoms with Crippen LogP contribution in [0.1, 0.15) is 31.4 Å². The number of likely N-dealkylation sites (tertiary alicyclic amines) is 1. The van der Waals surface area contributed by atoms with Gasteiger partial charge in [-0.3, -0.25) is 9.88 Å². The van der Waals surface area contributed by atoms with E-state index in [1.165, 1.54) is 0 Å². The Labute approximate surface area is 170 Å². The third-order valence-corrected chi connectivity index (χ3v) is 5.79. The van der Waals surface area contributed by atoms with Crippen molar-refractivity contribution in [1.82, 2.24) is 14.9 Å². The molecule has 4 rings (SSSR count). The van der Waals surface area contributed by atoms with Crippen molar-refractivity contribution >= 4 is 17.3 Å². The van der Waals surface area contributed by atoms with Crippen molar-refractivity contribution in [1.29, 1.82) is 0 Å². The zero-order valence-corrected chi connectivity index (χ0v) is 16.7. The standard InChI is InChI=1S/C21H27ClN4O2/c22-21-9-20(26-8-2-4-18(28)14-26)19(11-24-21)15-5-6-16(23-10-15)12-25-7-1-3-17(27)13-25/h5-6,9-11,17-18,27-28H,1-4,7-8,12-14H2/t17?,18-/m0/s1. The second-order valence-corrected chi connectivity index (χ2v) is 8.22. The number of piperidine rings is 2. The highest BCUT2D eigenvalue weighted by Gasteiger charge is 2.22. The molecule has 0 aromatic carbocycles. The van der Waals surface area contributed by atoms with Crippen molar-refractivity contribution < 1.29 is 10.2 Å². The van der Waals surface area contributed by atoms with Crippen LogP contribution in [0.25, 0.3) is 11.1 Å². The Morgan fingerprint density at radius 3 is 2.50 bits per heavy atom. The van der Waals surface area contributed by atoms with Crippen LogP contribution in [-0.4, -0.2) is 63.5 Å². The largest absolute Gasteiger partial charge is 0.392 e. The summed E-state index contributed by atoms with van der Waals surface area (Å²) in [5.74, 6) is 0. The minimum Gasteiger partial charge on any atom is -0.392 e. The zero-order valence-electron chi connectivity index (χ0n) is 16.0. The summed E-state index contributed by atoms with van der Waals surface area (Å²) in [6.07, 6.45) is 6.84. The molecule has 2 atom stereocenters. The van der Waals surface area contributed by atoms with Gasteiger partial charge < -0.3 is 15.1 Å². The Hall–Kier alpha value is -1.73. The van der Waals surface area contributed by atoms with E-state index in [1.54, 1.807) is 6.20 Å². The number of pyridine rings is 2. The van der Waals surface area contributed by atoms with Gasteiger partial charge in [0, 0.05) is 55.4 Å². The first-order chi connectivity index (χ1) is 13.6. The van der Waals surface area contributed by atoms with E-state index >= 15 is 0 Å². The van der Waals surface area contributed by atoms with E-state index in [0.717, 1.165) is 67.8 Å². The van der Waals surface area contributed by atoms with Gasteiger partial charge in [0.2, 0.25) is 0 Å². The molecule has 0 bridgehead atoms. The molecule has 6 nitrogen and oxygen atoms in total. The van der Waals surface area contributed by atoms with Gasteiger partial charge in [-0.2, -0.15) is 0 Å². The van der Waals surface area contributed by atoms with Crippen molar-refractivity contribution in [2.45, 2.75) is 44.4 Å². The first-order valence-corrected chi connectivity index (χ1v) is 10.4. The summed E-state index contributed by atoms with van der Waals surface area (Å²) in [4.78, 5) is 13.3. The highest BCUT2D eigenvalue weighted by molar-refractivity contribution is 6.29. The van der Waals surface area contributed by atoms with E-state index in [-0.39, 0.29) is 12.2 Å². The summed E-state index contributed by atoms with van der Waals surface area (Å²) in [6.45, 7) is 3.97. The normalized spacial score (nSPS) is 23.8. The molecule has 2 fully saturated rings. The van der Waals surface area contributed by atoms with E-state index in [2.05, 4.69) is 25.8 Å². The van der Waals surface area contributed by atoms with Crippen LogP contribution in [0.2, 0.25) is 5.15 Å². The van der Waals surface area contributed by atoms with Gasteiger partial charge in [0.1, 0.15) is 5.15 Å². The van der Waals surface area contributed by atoms with Crippen molar-refractivity contribution in [3.8, 4) is 11.1 Å². The summed E-state index contributed by atoms with van der Waals surface area (Å²) in [5, 5.41) is 20.4. The molecule has 2 saturated heterocycles. The SMILES string of the molecule is OC1CCCN(Cc2ccc(-c3cnc(Cl)cc3N3CCC[C@H](O)C3)cn2)C1. The van der Waals surface area contributed by atoms with Crippen LogP contribution in [0, 0.1) is 0 Å². The van der Waals surface area contributed by atoms with Gasteiger partial charge in [-0.15, -0.1) is 0 Å².